The minimum Gasteiger partial charge on any atom is -0.309 e. The van der Waals surface area contributed by atoms with Gasteiger partial charge < -0.3 is 4.57 Å². The van der Waals surface area contributed by atoms with Crippen molar-refractivity contribution in [3.63, 3.8) is 0 Å². The second kappa shape index (κ2) is 13.5. The van der Waals surface area contributed by atoms with E-state index in [0.29, 0.717) is 17.5 Å². The first kappa shape index (κ1) is 32.7. The summed E-state index contributed by atoms with van der Waals surface area (Å²) in [5, 5.41) is 5.88. The zero-order chi connectivity index (χ0) is 37.7. The van der Waals surface area contributed by atoms with Crippen LogP contribution in [0.1, 0.15) is 0 Å². The normalized spacial score (nSPS) is 11.5. The lowest BCUT2D eigenvalue weighted by molar-refractivity contribution is 1.07. The van der Waals surface area contributed by atoms with Crippen molar-refractivity contribution in [2.75, 3.05) is 0 Å². The topological polar surface area (TPSA) is 56.5 Å². The molecule has 0 amide bonds. The molecule has 0 radical (unpaired) electrons. The number of para-hydroxylation sites is 2. The van der Waals surface area contributed by atoms with Crippen molar-refractivity contribution >= 4 is 43.5 Å². The van der Waals surface area contributed by atoms with Crippen molar-refractivity contribution in [1.29, 1.82) is 0 Å². The van der Waals surface area contributed by atoms with Gasteiger partial charge in [0.2, 0.25) is 0 Å². The summed E-state index contributed by atoms with van der Waals surface area (Å²) in [7, 11) is 0. The molecule has 5 heteroatoms. The molecule has 0 saturated heterocycles. The second-order valence-electron chi connectivity index (χ2n) is 14.3. The number of fused-ring (bicyclic) bond motifs is 6. The second-order valence-corrected chi connectivity index (χ2v) is 14.3. The number of hydrogen-bond donors (Lipinski definition) is 0. The molecule has 0 bridgehead atoms. The average Bonchev–Trinajstić information content (AvgIpc) is 3.62. The highest BCUT2D eigenvalue weighted by Crippen LogP contribution is 2.40. The third-order valence-corrected chi connectivity index (χ3v) is 10.8. The molecular weight excluding hydrogens is 695 g/mol. The Morgan fingerprint density at radius 1 is 0.281 bits per heavy atom. The third kappa shape index (κ3) is 5.72. The van der Waals surface area contributed by atoms with Gasteiger partial charge >= 0.3 is 0 Å². The first-order chi connectivity index (χ1) is 28.2. The summed E-state index contributed by atoms with van der Waals surface area (Å²) in [6.45, 7) is 0. The van der Waals surface area contributed by atoms with Crippen molar-refractivity contribution in [3.05, 3.63) is 200 Å². The Hall–Kier alpha value is -7.76. The van der Waals surface area contributed by atoms with E-state index in [2.05, 4.69) is 144 Å². The van der Waals surface area contributed by atoms with Crippen LogP contribution in [0.3, 0.4) is 0 Å². The summed E-state index contributed by atoms with van der Waals surface area (Å²) < 4.78 is 2.37. The first-order valence-electron chi connectivity index (χ1n) is 19.1. The first-order valence-corrected chi connectivity index (χ1v) is 19.1. The minimum absolute atomic E-state index is 0.633. The molecule has 3 heterocycles. The Kier molecular flexibility index (Phi) is 7.74. The number of pyridine rings is 1. The molecule has 8 aromatic carbocycles. The van der Waals surface area contributed by atoms with Gasteiger partial charge in [0, 0.05) is 49.5 Å². The van der Waals surface area contributed by atoms with Gasteiger partial charge in [-0.2, -0.15) is 0 Å². The molecule has 0 spiro atoms. The molecule has 0 aliphatic rings. The lowest BCUT2D eigenvalue weighted by atomic mass is 9.96. The van der Waals surface area contributed by atoms with Crippen LogP contribution in [0.25, 0.3) is 106 Å². The van der Waals surface area contributed by atoms with Gasteiger partial charge in [-0.3, -0.25) is 0 Å². The van der Waals surface area contributed by atoms with Crippen LogP contribution >= 0.6 is 0 Å². The molecule has 0 fully saturated rings. The molecule has 0 unspecified atom stereocenters. The fraction of sp³-hybridized carbons (Fsp3) is 0. The average molecular weight is 728 g/mol. The van der Waals surface area contributed by atoms with Crippen LogP contribution in [0.5, 0.6) is 0 Å². The van der Waals surface area contributed by atoms with Crippen LogP contribution in [0.4, 0.5) is 0 Å². The molecular formula is C52H33N5. The number of nitrogens with zero attached hydrogens (tertiary/aromatic N) is 5. The summed E-state index contributed by atoms with van der Waals surface area (Å²) >= 11 is 0. The summed E-state index contributed by atoms with van der Waals surface area (Å²) in [5.41, 5.74) is 11.5. The van der Waals surface area contributed by atoms with Gasteiger partial charge in [0.25, 0.3) is 0 Å². The molecule has 57 heavy (non-hydrogen) atoms. The smallest absolute Gasteiger partial charge is 0.164 e. The van der Waals surface area contributed by atoms with E-state index in [1.54, 1.807) is 0 Å². The van der Waals surface area contributed by atoms with Crippen molar-refractivity contribution in [2.45, 2.75) is 0 Å². The Bertz CT molecular complexity index is 3190. The summed E-state index contributed by atoms with van der Waals surface area (Å²) in [4.78, 5) is 20.2. The highest BCUT2D eigenvalue weighted by Gasteiger charge is 2.18. The van der Waals surface area contributed by atoms with E-state index in [1.807, 2.05) is 60.7 Å². The van der Waals surface area contributed by atoms with E-state index in [9.17, 15) is 0 Å². The molecule has 3 aromatic heterocycles. The van der Waals surface area contributed by atoms with Crippen molar-refractivity contribution in [2.24, 2.45) is 0 Å². The maximum absolute atomic E-state index is 5.43. The van der Waals surface area contributed by atoms with Gasteiger partial charge in [-0.15, -0.1) is 0 Å². The zero-order valence-electron chi connectivity index (χ0n) is 30.8. The molecule has 266 valence electrons. The molecule has 5 nitrogen and oxygen atoms in total. The quantitative estimate of drug-likeness (QED) is 0.160. The maximum Gasteiger partial charge on any atom is 0.164 e. The van der Waals surface area contributed by atoms with E-state index >= 15 is 0 Å². The standard InChI is InChI=1S/C52H33N5/c1-5-15-35(16-6-1)49-45-33-48-44(42-23-13-14-24-47(42)57(48)40-21-11-4-12-22-40)32-43(45)41-30-29-39(31-46(41)53-49)34-25-27-38(28-26-34)52-55-50(36-17-7-2-8-18-36)54-51(56-52)37-19-9-3-10-20-37/h1-33H. The van der Waals surface area contributed by atoms with Crippen LogP contribution in [-0.2, 0) is 0 Å². The summed E-state index contributed by atoms with van der Waals surface area (Å²) in [6, 6.07) is 69.8. The number of hydrogen-bond acceptors (Lipinski definition) is 4. The van der Waals surface area contributed by atoms with Crippen molar-refractivity contribution in [3.8, 4) is 62.2 Å². The maximum atomic E-state index is 5.43. The van der Waals surface area contributed by atoms with Gasteiger partial charge in [-0.1, -0.05) is 164 Å². The highest BCUT2D eigenvalue weighted by atomic mass is 15.0. The predicted molar refractivity (Wildman–Crippen MR) is 234 cm³/mol. The minimum atomic E-state index is 0.633. The monoisotopic (exact) mass is 727 g/mol. The van der Waals surface area contributed by atoms with Gasteiger partial charge in [0.05, 0.1) is 22.2 Å². The van der Waals surface area contributed by atoms with Gasteiger partial charge in [-0.25, -0.2) is 19.9 Å². The van der Waals surface area contributed by atoms with Gasteiger partial charge in [-0.05, 0) is 52.9 Å². The van der Waals surface area contributed by atoms with Crippen LogP contribution in [0, 0.1) is 0 Å². The summed E-state index contributed by atoms with van der Waals surface area (Å²) in [5.74, 6) is 1.92. The summed E-state index contributed by atoms with van der Waals surface area (Å²) in [6.07, 6.45) is 0. The molecule has 11 rings (SSSR count). The number of benzene rings is 8. The zero-order valence-corrected chi connectivity index (χ0v) is 30.8. The van der Waals surface area contributed by atoms with E-state index in [-0.39, 0.29) is 0 Å². The Morgan fingerprint density at radius 3 is 1.42 bits per heavy atom. The fourth-order valence-corrected chi connectivity index (χ4v) is 8.07. The van der Waals surface area contributed by atoms with E-state index in [4.69, 9.17) is 19.9 Å². The van der Waals surface area contributed by atoms with Crippen LogP contribution in [-0.4, -0.2) is 24.5 Å². The molecule has 0 N–H and O–H groups in total. The highest BCUT2D eigenvalue weighted by molar-refractivity contribution is 6.20. The number of rotatable bonds is 6. The van der Waals surface area contributed by atoms with E-state index < -0.39 is 0 Å². The molecule has 0 saturated carbocycles. The van der Waals surface area contributed by atoms with Crippen molar-refractivity contribution in [1.82, 2.24) is 24.5 Å². The fourth-order valence-electron chi connectivity index (χ4n) is 8.07. The van der Waals surface area contributed by atoms with E-state index in [0.717, 1.165) is 66.6 Å². The van der Waals surface area contributed by atoms with Gasteiger partial charge in [0.15, 0.2) is 17.5 Å². The van der Waals surface area contributed by atoms with Crippen LogP contribution < -0.4 is 0 Å². The molecule has 11 aromatic rings. The molecule has 0 aliphatic carbocycles. The largest absolute Gasteiger partial charge is 0.309 e. The SMILES string of the molecule is c1ccc(-c2nc(-c3ccccc3)nc(-c3ccc(-c4ccc5c(c4)nc(-c4ccccc4)c4cc6c(cc45)c4ccccc4n6-c4ccccc4)cc3)n2)cc1. The Morgan fingerprint density at radius 2 is 0.789 bits per heavy atom. The van der Waals surface area contributed by atoms with Gasteiger partial charge in [0.1, 0.15) is 0 Å². The van der Waals surface area contributed by atoms with Crippen molar-refractivity contribution < 1.29 is 0 Å². The van der Waals surface area contributed by atoms with Crippen LogP contribution in [0.15, 0.2) is 200 Å². The third-order valence-electron chi connectivity index (χ3n) is 10.8. The number of aromatic nitrogens is 5. The lowest BCUT2D eigenvalue weighted by Gasteiger charge is -2.13. The lowest BCUT2D eigenvalue weighted by Crippen LogP contribution is -2.00. The van der Waals surface area contributed by atoms with Crippen LogP contribution in [0.2, 0.25) is 0 Å². The predicted octanol–water partition coefficient (Wildman–Crippen LogP) is 13.0. The Balaban J connectivity index is 1.06. The molecule has 0 atom stereocenters. The Labute approximate surface area is 329 Å². The van der Waals surface area contributed by atoms with E-state index in [1.165, 1.54) is 21.7 Å². The molecule has 0 aliphatic heterocycles.